The molecule has 1 N–H and O–H groups in total. The normalized spacial score (nSPS) is 17.3. The second kappa shape index (κ2) is 8.00. The van der Waals surface area contributed by atoms with E-state index in [-0.39, 0.29) is 11.2 Å². The lowest BCUT2D eigenvalue weighted by molar-refractivity contribution is -0.905. The number of nitrogens with one attached hydrogen (secondary N) is 1. The number of piperidine rings is 1. The van der Waals surface area contributed by atoms with Gasteiger partial charge in [0.05, 0.1) is 26.2 Å². The van der Waals surface area contributed by atoms with E-state index >= 15 is 0 Å². The van der Waals surface area contributed by atoms with Crippen LogP contribution in [0.15, 0.2) is 33.9 Å². The maximum Gasteiger partial charge on any atom is 0.332 e. The molecule has 1 aromatic carbocycles. The molecule has 0 unspecified atom stereocenters. The molecule has 2 aromatic heterocycles. The summed E-state index contributed by atoms with van der Waals surface area (Å²) >= 11 is 0. The van der Waals surface area contributed by atoms with Crippen LogP contribution < -0.4 is 21.0 Å². The maximum absolute atomic E-state index is 13.5. The predicted molar refractivity (Wildman–Crippen MR) is 121 cm³/mol. The van der Waals surface area contributed by atoms with Crippen molar-refractivity contribution in [3.63, 3.8) is 0 Å². The molecule has 8 heteroatoms. The molecule has 5 rings (SSSR count). The molecule has 0 bridgehead atoms. The summed E-state index contributed by atoms with van der Waals surface area (Å²) in [6.45, 7) is 7.18. The SMILES string of the molecule is Cc1ccc(N2CCCn3c2nc2c3c(=O)n(CC[NH+]3CCCCC3)c(=O)n2C)cc1. The number of hydrogen-bond donors (Lipinski definition) is 1. The first kappa shape index (κ1) is 20.1. The van der Waals surface area contributed by atoms with Gasteiger partial charge in [0.2, 0.25) is 5.95 Å². The van der Waals surface area contributed by atoms with E-state index in [4.69, 9.17) is 4.98 Å². The van der Waals surface area contributed by atoms with E-state index < -0.39 is 0 Å². The van der Waals surface area contributed by atoms with Crippen molar-refractivity contribution in [1.82, 2.24) is 18.7 Å². The lowest BCUT2D eigenvalue weighted by Gasteiger charge is -2.29. The lowest BCUT2D eigenvalue weighted by Crippen LogP contribution is -3.13. The van der Waals surface area contributed by atoms with Crippen LogP contribution in [0.1, 0.15) is 31.2 Å². The van der Waals surface area contributed by atoms with Gasteiger partial charge in [0.25, 0.3) is 5.56 Å². The van der Waals surface area contributed by atoms with E-state index in [1.54, 1.807) is 11.6 Å². The first-order valence-corrected chi connectivity index (χ1v) is 11.4. The lowest BCUT2D eigenvalue weighted by atomic mass is 10.1. The van der Waals surface area contributed by atoms with Gasteiger partial charge in [-0.15, -0.1) is 0 Å². The molecule has 1 saturated heterocycles. The van der Waals surface area contributed by atoms with Gasteiger partial charge in [0.1, 0.15) is 0 Å². The van der Waals surface area contributed by atoms with Gasteiger partial charge >= 0.3 is 5.69 Å². The number of hydrogen-bond acceptors (Lipinski definition) is 4. The molecule has 4 heterocycles. The third-order valence-corrected chi connectivity index (χ3v) is 6.81. The molecule has 0 radical (unpaired) electrons. The van der Waals surface area contributed by atoms with Crippen LogP contribution in [0.5, 0.6) is 0 Å². The summed E-state index contributed by atoms with van der Waals surface area (Å²) in [6, 6.07) is 8.34. The first-order chi connectivity index (χ1) is 15.0. The van der Waals surface area contributed by atoms with E-state index in [1.165, 1.54) is 34.3 Å². The predicted octanol–water partition coefficient (Wildman–Crippen LogP) is 0.816. The molecular weight excluding hydrogens is 392 g/mol. The summed E-state index contributed by atoms with van der Waals surface area (Å²) in [5, 5.41) is 0. The van der Waals surface area contributed by atoms with E-state index in [2.05, 4.69) is 36.1 Å². The van der Waals surface area contributed by atoms with Crippen molar-refractivity contribution in [3.8, 4) is 0 Å². The van der Waals surface area contributed by atoms with Gasteiger partial charge in [0, 0.05) is 25.8 Å². The zero-order valence-corrected chi connectivity index (χ0v) is 18.4. The van der Waals surface area contributed by atoms with E-state index in [0.29, 0.717) is 17.7 Å². The Hall–Kier alpha value is -2.87. The van der Waals surface area contributed by atoms with E-state index in [1.807, 2.05) is 4.57 Å². The number of anilines is 2. The average Bonchev–Trinajstić information content (AvgIpc) is 3.19. The minimum Gasteiger partial charge on any atom is -0.333 e. The van der Waals surface area contributed by atoms with E-state index in [9.17, 15) is 9.59 Å². The number of aryl methyl sites for hydroxylation is 3. The van der Waals surface area contributed by atoms with Crippen LogP contribution in [0.2, 0.25) is 0 Å². The number of nitrogens with zero attached hydrogens (tertiary/aromatic N) is 5. The van der Waals surface area contributed by atoms with Crippen LogP contribution in [0, 0.1) is 6.92 Å². The highest BCUT2D eigenvalue weighted by Gasteiger charge is 2.27. The van der Waals surface area contributed by atoms with Crippen molar-refractivity contribution in [3.05, 3.63) is 50.7 Å². The summed E-state index contributed by atoms with van der Waals surface area (Å²) in [7, 11) is 1.73. The van der Waals surface area contributed by atoms with Gasteiger partial charge in [-0.1, -0.05) is 17.7 Å². The molecule has 2 aliphatic rings. The number of aromatic nitrogens is 4. The molecule has 2 aliphatic heterocycles. The second-order valence-electron chi connectivity index (χ2n) is 8.94. The highest BCUT2D eigenvalue weighted by molar-refractivity contribution is 5.77. The minimum absolute atomic E-state index is 0.209. The van der Waals surface area contributed by atoms with Crippen molar-refractivity contribution in [2.75, 3.05) is 31.1 Å². The second-order valence-corrected chi connectivity index (χ2v) is 8.94. The molecule has 0 aliphatic carbocycles. The zero-order valence-electron chi connectivity index (χ0n) is 18.4. The molecule has 0 amide bonds. The number of quaternary nitrogens is 1. The number of fused-ring (bicyclic) bond motifs is 3. The highest BCUT2D eigenvalue weighted by Crippen LogP contribution is 2.30. The van der Waals surface area contributed by atoms with Gasteiger partial charge in [-0.2, -0.15) is 4.98 Å². The Morgan fingerprint density at radius 2 is 1.74 bits per heavy atom. The van der Waals surface area contributed by atoms with Gasteiger partial charge in [-0.05, 0) is 44.7 Å². The largest absolute Gasteiger partial charge is 0.333 e. The number of rotatable bonds is 4. The van der Waals surface area contributed by atoms with Crippen LogP contribution in [0.3, 0.4) is 0 Å². The first-order valence-electron chi connectivity index (χ1n) is 11.4. The Labute approximate surface area is 181 Å². The number of likely N-dealkylation sites (tertiary alicyclic amines) is 1. The average molecular weight is 424 g/mol. The van der Waals surface area contributed by atoms with E-state index in [0.717, 1.165) is 50.8 Å². The van der Waals surface area contributed by atoms with Crippen molar-refractivity contribution >= 4 is 22.8 Å². The van der Waals surface area contributed by atoms with Gasteiger partial charge in [0.15, 0.2) is 11.2 Å². The van der Waals surface area contributed by atoms with Crippen molar-refractivity contribution in [2.24, 2.45) is 7.05 Å². The van der Waals surface area contributed by atoms with Crippen LogP contribution >= 0.6 is 0 Å². The standard InChI is InChI=1S/C23H30N6O2/c1-17-7-9-18(10-8-17)27-13-6-14-28-19-20(24-22(27)28)25(2)23(31)29(21(19)30)16-15-26-11-4-3-5-12-26/h7-10H,3-6,11-16H2,1-2H3/p+1. The van der Waals surface area contributed by atoms with Crippen molar-refractivity contribution in [2.45, 2.75) is 45.7 Å². The quantitative estimate of drug-likeness (QED) is 0.675. The van der Waals surface area contributed by atoms with Gasteiger partial charge in [-0.25, -0.2) is 4.79 Å². The summed E-state index contributed by atoms with van der Waals surface area (Å²) in [5.74, 6) is 0.747. The fraction of sp³-hybridized carbons (Fsp3) is 0.522. The Morgan fingerprint density at radius 1 is 1.00 bits per heavy atom. The van der Waals surface area contributed by atoms with Crippen LogP contribution in [-0.2, 0) is 20.1 Å². The molecule has 31 heavy (non-hydrogen) atoms. The third kappa shape index (κ3) is 3.48. The highest BCUT2D eigenvalue weighted by atomic mass is 16.2. The Morgan fingerprint density at radius 3 is 2.48 bits per heavy atom. The summed E-state index contributed by atoms with van der Waals surface area (Å²) in [6.07, 6.45) is 4.67. The monoisotopic (exact) mass is 423 g/mol. The van der Waals surface area contributed by atoms with Crippen LogP contribution in [0.4, 0.5) is 11.6 Å². The van der Waals surface area contributed by atoms with Crippen molar-refractivity contribution < 1.29 is 4.90 Å². The third-order valence-electron chi connectivity index (χ3n) is 6.81. The molecule has 164 valence electrons. The summed E-state index contributed by atoms with van der Waals surface area (Å²) < 4.78 is 4.97. The maximum atomic E-state index is 13.5. The fourth-order valence-corrected chi connectivity index (χ4v) is 5.00. The molecule has 3 aromatic rings. The van der Waals surface area contributed by atoms with Gasteiger partial charge in [-0.3, -0.25) is 13.9 Å². The fourth-order valence-electron chi connectivity index (χ4n) is 5.00. The van der Waals surface area contributed by atoms with Crippen LogP contribution in [0.25, 0.3) is 11.2 Å². The summed E-state index contributed by atoms with van der Waals surface area (Å²) in [4.78, 5) is 34.9. The topological polar surface area (TPSA) is 69.5 Å². The van der Waals surface area contributed by atoms with Crippen LogP contribution in [-0.4, -0.2) is 44.9 Å². The smallest absolute Gasteiger partial charge is 0.332 e. The molecular formula is C23H31N6O2+. The number of benzene rings is 1. The Balaban J connectivity index is 1.57. The molecule has 0 saturated carbocycles. The Kier molecular flexibility index (Phi) is 5.17. The number of imidazole rings is 1. The summed E-state index contributed by atoms with van der Waals surface area (Å²) in [5.41, 5.74) is 2.80. The van der Waals surface area contributed by atoms with Crippen molar-refractivity contribution in [1.29, 1.82) is 0 Å². The zero-order chi connectivity index (χ0) is 21.5. The Bertz CT molecular complexity index is 1210. The molecule has 8 nitrogen and oxygen atoms in total. The molecule has 1 fully saturated rings. The molecule has 0 atom stereocenters. The van der Waals surface area contributed by atoms with Gasteiger partial charge < -0.3 is 14.4 Å². The molecule has 0 spiro atoms. The minimum atomic E-state index is -0.272.